The van der Waals surface area contributed by atoms with Gasteiger partial charge in [0.2, 0.25) is 0 Å². The van der Waals surface area contributed by atoms with Crippen molar-refractivity contribution in [1.82, 2.24) is 9.13 Å². The summed E-state index contributed by atoms with van der Waals surface area (Å²) in [6.07, 6.45) is 10.2. The maximum atomic E-state index is 6.54. The highest BCUT2D eigenvalue weighted by molar-refractivity contribution is 7.20. The molecule has 0 spiro atoms. The van der Waals surface area contributed by atoms with Gasteiger partial charge in [-0.25, -0.2) is 0 Å². The zero-order chi connectivity index (χ0) is 38.2. The summed E-state index contributed by atoms with van der Waals surface area (Å²) in [5.41, 5.74) is 12.8. The number of allylic oxidation sites excluding steroid dienone is 1. The van der Waals surface area contributed by atoms with E-state index in [4.69, 9.17) is 4.74 Å². The molecule has 1 atom stereocenters. The molecule has 0 amide bonds. The first kappa shape index (κ1) is 33.3. The van der Waals surface area contributed by atoms with Gasteiger partial charge >= 0.3 is 0 Å². The first-order valence-electron chi connectivity index (χ1n) is 20.5. The smallest absolute Gasteiger partial charge is 0.179 e. The lowest BCUT2D eigenvalue weighted by Crippen LogP contribution is -2.74. The third-order valence-corrected chi connectivity index (χ3v) is 17.7. The second-order valence-electron chi connectivity index (χ2n) is 15.9. The molecule has 4 heteroatoms. The van der Waals surface area contributed by atoms with Crippen molar-refractivity contribution in [3.05, 3.63) is 216 Å². The van der Waals surface area contributed by atoms with Crippen molar-refractivity contribution in [2.45, 2.75) is 25.4 Å². The van der Waals surface area contributed by atoms with Crippen LogP contribution in [-0.2, 0) is 12.8 Å². The first-order chi connectivity index (χ1) is 28.8. The Morgan fingerprint density at radius 2 is 1.12 bits per heavy atom. The summed E-state index contributed by atoms with van der Waals surface area (Å²) < 4.78 is 11.5. The van der Waals surface area contributed by atoms with Crippen molar-refractivity contribution in [1.29, 1.82) is 0 Å². The Morgan fingerprint density at radius 1 is 0.500 bits per heavy atom. The van der Waals surface area contributed by atoms with Crippen molar-refractivity contribution in [3.63, 3.8) is 0 Å². The molecule has 2 aromatic heterocycles. The Kier molecular flexibility index (Phi) is 7.51. The average molecular weight is 761 g/mol. The van der Waals surface area contributed by atoms with E-state index in [-0.39, 0.29) is 6.10 Å². The van der Waals surface area contributed by atoms with Crippen molar-refractivity contribution in [2.75, 3.05) is 0 Å². The zero-order valence-electron chi connectivity index (χ0n) is 32.1. The fourth-order valence-electron chi connectivity index (χ4n) is 10.4. The molecule has 2 aliphatic carbocycles. The van der Waals surface area contributed by atoms with E-state index in [9.17, 15) is 0 Å². The number of hydrogen-bond donors (Lipinski definition) is 0. The Labute approximate surface area is 339 Å². The number of hydrogen-bond acceptors (Lipinski definition) is 1. The second kappa shape index (κ2) is 13.1. The molecular weight excluding hydrogens is 721 g/mol. The summed E-state index contributed by atoms with van der Waals surface area (Å²) in [6.45, 7) is 0. The molecule has 12 rings (SSSR count). The van der Waals surface area contributed by atoms with Crippen LogP contribution in [0, 0.1) is 0 Å². The molecule has 0 radical (unpaired) electrons. The first-order valence-corrected chi connectivity index (χ1v) is 22.5. The monoisotopic (exact) mass is 760 g/mol. The number of nitrogens with zero attached hydrogens (tertiary/aromatic N) is 2. The Morgan fingerprint density at radius 3 is 1.90 bits per heavy atom. The third kappa shape index (κ3) is 4.85. The van der Waals surface area contributed by atoms with Crippen LogP contribution in [0.25, 0.3) is 50.9 Å². The maximum absolute atomic E-state index is 6.54. The van der Waals surface area contributed by atoms with Gasteiger partial charge in [0.1, 0.15) is 11.9 Å². The van der Waals surface area contributed by atoms with Crippen LogP contribution in [-0.4, -0.2) is 23.3 Å². The Bertz CT molecular complexity index is 3060. The van der Waals surface area contributed by atoms with E-state index in [1.54, 1.807) is 0 Å². The number of ether oxygens (including phenoxy) is 1. The van der Waals surface area contributed by atoms with Crippen LogP contribution in [0.15, 0.2) is 188 Å². The van der Waals surface area contributed by atoms with E-state index in [0.717, 1.165) is 25.0 Å². The fraction of sp³-hybridized carbons (Fsp3) is 0.0741. The largest absolute Gasteiger partial charge is 0.485 e. The second-order valence-corrected chi connectivity index (χ2v) is 19.7. The van der Waals surface area contributed by atoms with Crippen molar-refractivity contribution >= 4 is 68.4 Å². The van der Waals surface area contributed by atoms with E-state index in [1.807, 2.05) is 0 Å². The molecule has 276 valence electrons. The summed E-state index contributed by atoms with van der Waals surface area (Å²) in [6, 6.07) is 67.7. The molecule has 3 heterocycles. The highest BCUT2D eigenvalue weighted by Crippen LogP contribution is 2.46. The summed E-state index contributed by atoms with van der Waals surface area (Å²) in [7, 11) is -2.88. The van der Waals surface area contributed by atoms with Crippen molar-refractivity contribution in [2.24, 2.45) is 0 Å². The van der Waals surface area contributed by atoms with Gasteiger partial charge in [-0.2, -0.15) is 0 Å². The molecule has 0 saturated carbocycles. The van der Waals surface area contributed by atoms with Crippen LogP contribution < -0.4 is 25.5 Å². The quantitative estimate of drug-likeness (QED) is 0.122. The fourth-order valence-corrected chi connectivity index (χ4v) is 15.1. The van der Waals surface area contributed by atoms with Gasteiger partial charge in [-0.3, -0.25) is 0 Å². The molecule has 0 saturated heterocycles. The summed E-state index contributed by atoms with van der Waals surface area (Å²) in [5, 5.41) is 7.99. The molecule has 58 heavy (non-hydrogen) atoms. The molecule has 0 bridgehead atoms. The highest BCUT2D eigenvalue weighted by Gasteiger charge is 2.42. The van der Waals surface area contributed by atoms with Crippen LogP contribution in [0.1, 0.15) is 34.5 Å². The summed E-state index contributed by atoms with van der Waals surface area (Å²) in [4.78, 5) is 0. The lowest BCUT2D eigenvalue weighted by Gasteiger charge is -2.34. The van der Waals surface area contributed by atoms with E-state index in [1.165, 1.54) is 87.6 Å². The van der Waals surface area contributed by atoms with E-state index in [0.29, 0.717) is 0 Å². The Balaban J connectivity index is 1.09. The van der Waals surface area contributed by atoms with Gasteiger partial charge in [-0.05, 0) is 99.3 Å². The van der Waals surface area contributed by atoms with Gasteiger partial charge in [0.15, 0.2) is 8.07 Å². The molecule has 7 aromatic carbocycles. The molecule has 0 fully saturated rings. The summed E-state index contributed by atoms with van der Waals surface area (Å²) in [5.74, 6) is 0.999. The van der Waals surface area contributed by atoms with Gasteiger partial charge in [0.05, 0.1) is 16.7 Å². The maximum Gasteiger partial charge on any atom is 0.179 e. The zero-order valence-corrected chi connectivity index (χ0v) is 33.1. The van der Waals surface area contributed by atoms with Crippen molar-refractivity contribution in [3.8, 4) is 17.1 Å². The van der Waals surface area contributed by atoms with Crippen LogP contribution in [0.2, 0.25) is 0 Å². The number of benzene rings is 7. The minimum absolute atomic E-state index is 0.0689. The van der Waals surface area contributed by atoms with Gasteiger partial charge < -0.3 is 13.9 Å². The summed E-state index contributed by atoms with van der Waals surface area (Å²) >= 11 is 0. The molecular formula is C54H40N2OSi. The topological polar surface area (TPSA) is 19.1 Å². The minimum Gasteiger partial charge on any atom is -0.485 e. The minimum atomic E-state index is -2.88. The highest BCUT2D eigenvalue weighted by atomic mass is 28.3. The van der Waals surface area contributed by atoms with Crippen LogP contribution >= 0.6 is 0 Å². The number of aromatic nitrogens is 2. The lowest BCUT2D eigenvalue weighted by atomic mass is 9.88. The van der Waals surface area contributed by atoms with Gasteiger partial charge in [-0.1, -0.05) is 146 Å². The van der Waals surface area contributed by atoms with Crippen LogP contribution in [0.4, 0.5) is 0 Å². The van der Waals surface area contributed by atoms with E-state index >= 15 is 0 Å². The molecule has 1 aliphatic heterocycles. The average Bonchev–Trinajstić information content (AvgIpc) is 3.94. The number of para-hydroxylation sites is 3. The van der Waals surface area contributed by atoms with Gasteiger partial charge in [0.25, 0.3) is 0 Å². The van der Waals surface area contributed by atoms with E-state index < -0.39 is 8.07 Å². The molecule has 3 nitrogen and oxygen atoms in total. The van der Waals surface area contributed by atoms with Crippen molar-refractivity contribution < 1.29 is 4.74 Å². The number of fused-ring (bicyclic) bond motifs is 9. The van der Waals surface area contributed by atoms with Gasteiger partial charge in [0, 0.05) is 45.4 Å². The SMILES string of the molecule is C1=Cc2c(c3c(n2-c2ccc([Si](c4ccccc4)(c4ccccc4)c4ccc5c6ccccc6n(-c6ccccc6)c5c4)cc2)C=C2c4ccccc4OC2C3)CC1. The Hall–Kier alpha value is -6.88. The molecule has 0 N–H and O–H groups in total. The van der Waals surface area contributed by atoms with Crippen LogP contribution in [0.3, 0.4) is 0 Å². The molecule has 3 aliphatic rings. The van der Waals surface area contributed by atoms with E-state index in [2.05, 4.69) is 209 Å². The third-order valence-electron chi connectivity index (χ3n) is 12.9. The predicted octanol–water partition coefficient (Wildman–Crippen LogP) is 9.77. The number of rotatable bonds is 6. The predicted molar refractivity (Wildman–Crippen MR) is 244 cm³/mol. The normalized spacial score (nSPS) is 15.4. The molecule has 1 unspecified atom stereocenters. The lowest BCUT2D eigenvalue weighted by molar-refractivity contribution is 0.275. The van der Waals surface area contributed by atoms with Crippen LogP contribution in [0.5, 0.6) is 5.75 Å². The standard InChI is InChI=1S/C54H40N2OSi/c1-4-16-37(17-5-1)55-49-25-13-10-22-43(49)45-33-32-42(34-51(45)55)58(39-18-6-2-7-19-39,40-20-8-3-9-21-40)41-30-28-38(29-31-41)56-50-26-14-11-23-44(50)47-36-54-48(35-52(47)56)46-24-12-15-27-53(46)57-54/h1-10,12-22,24-35,54H,11,23,36H2. The van der Waals surface area contributed by atoms with Gasteiger partial charge in [-0.15, -0.1) is 0 Å². The molecule has 9 aromatic rings.